The van der Waals surface area contributed by atoms with E-state index in [9.17, 15) is 10.1 Å². The predicted molar refractivity (Wildman–Crippen MR) is 70.0 cm³/mol. The number of hydrogen-bond donors (Lipinski definition) is 1. The molecule has 2 rings (SSSR count). The molecule has 0 aromatic carbocycles. The Bertz CT molecular complexity index is 455. The van der Waals surface area contributed by atoms with Crippen molar-refractivity contribution in [2.75, 3.05) is 32.0 Å². The van der Waals surface area contributed by atoms with E-state index < -0.39 is 4.92 Å². The summed E-state index contributed by atoms with van der Waals surface area (Å²) in [5, 5.41) is 13.9. The van der Waals surface area contributed by atoms with Crippen LogP contribution in [0, 0.1) is 16.0 Å². The summed E-state index contributed by atoms with van der Waals surface area (Å²) in [5.74, 6) is 1.01. The van der Waals surface area contributed by atoms with Crippen molar-refractivity contribution in [3.63, 3.8) is 0 Å². The molecular weight excluding hydrogens is 256 g/mol. The molecule has 7 heteroatoms. The van der Waals surface area contributed by atoms with Gasteiger partial charge in [0.15, 0.2) is 0 Å². The summed E-state index contributed by atoms with van der Waals surface area (Å²) in [6, 6.07) is 2.65. The fraction of sp³-hybridized carbons (Fsp3) is 0.545. The highest BCUT2D eigenvalue weighted by atomic mass is 35.5. The lowest BCUT2D eigenvalue weighted by Gasteiger charge is -2.12. The van der Waals surface area contributed by atoms with E-state index in [0.29, 0.717) is 11.7 Å². The van der Waals surface area contributed by atoms with Gasteiger partial charge in [0.25, 0.3) is 5.69 Å². The van der Waals surface area contributed by atoms with Crippen molar-refractivity contribution in [3.05, 3.63) is 27.4 Å². The Kier molecular flexibility index (Phi) is 3.98. The van der Waals surface area contributed by atoms with Crippen LogP contribution in [-0.4, -0.2) is 41.5 Å². The smallest absolute Gasteiger partial charge is 0.276 e. The fourth-order valence-electron chi connectivity index (χ4n) is 2.12. The van der Waals surface area contributed by atoms with Crippen LogP contribution < -0.4 is 5.32 Å². The first-order valence-corrected chi connectivity index (χ1v) is 6.17. The minimum absolute atomic E-state index is 0.0407. The van der Waals surface area contributed by atoms with Gasteiger partial charge in [-0.1, -0.05) is 11.6 Å². The van der Waals surface area contributed by atoms with E-state index in [1.54, 1.807) is 0 Å². The SMILES string of the molecule is CN1CCC(CNc2cc([N+](=O)[O-])cc(Cl)n2)C1. The van der Waals surface area contributed by atoms with Gasteiger partial charge in [-0.15, -0.1) is 0 Å². The molecule has 2 heterocycles. The van der Waals surface area contributed by atoms with Gasteiger partial charge in [0.1, 0.15) is 11.0 Å². The molecule has 0 radical (unpaired) electrons. The van der Waals surface area contributed by atoms with E-state index in [1.165, 1.54) is 12.1 Å². The van der Waals surface area contributed by atoms with Crippen LogP contribution in [0.25, 0.3) is 0 Å². The Balaban J connectivity index is 1.98. The van der Waals surface area contributed by atoms with Crippen LogP contribution in [0.4, 0.5) is 11.5 Å². The molecular formula is C11H15ClN4O2. The zero-order valence-corrected chi connectivity index (χ0v) is 10.9. The zero-order valence-electron chi connectivity index (χ0n) is 10.1. The first-order valence-electron chi connectivity index (χ1n) is 5.79. The molecule has 0 aliphatic carbocycles. The standard InChI is InChI=1S/C11H15ClN4O2/c1-15-3-2-8(7-15)6-13-11-5-9(16(17)18)4-10(12)14-11/h4-5,8H,2-3,6-7H2,1H3,(H,13,14). The fourth-order valence-corrected chi connectivity index (χ4v) is 2.32. The maximum atomic E-state index is 10.7. The van der Waals surface area contributed by atoms with Crippen molar-refractivity contribution in [2.45, 2.75) is 6.42 Å². The van der Waals surface area contributed by atoms with Gasteiger partial charge in [0.05, 0.1) is 17.1 Å². The normalized spacial score (nSPS) is 20.0. The first kappa shape index (κ1) is 13.0. The number of nitrogens with one attached hydrogen (secondary N) is 1. The Morgan fingerprint density at radius 2 is 2.44 bits per heavy atom. The number of likely N-dealkylation sites (tertiary alicyclic amines) is 1. The minimum atomic E-state index is -0.470. The third-order valence-corrected chi connectivity index (χ3v) is 3.24. The third kappa shape index (κ3) is 3.30. The van der Waals surface area contributed by atoms with Gasteiger partial charge in [-0.2, -0.15) is 0 Å². The van der Waals surface area contributed by atoms with Gasteiger partial charge in [0.2, 0.25) is 0 Å². The molecule has 0 amide bonds. The Labute approximate surface area is 110 Å². The van der Waals surface area contributed by atoms with Crippen LogP contribution in [0.5, 0.6) is 0 Å². The van der Waals surface area contributed by atoms with Crippen molar-refractivity contribution in [2.24, 2.45) is 5.92 Å². The van der Waals surface area contributed by atoms with Crippen LogP contribution in [0.3, 0.4) is 0 Å². The highest BCUT2D eigenvalue weighted by Crippen LogP contribution is 2.21. The van der Waals surface area contributed by atoms with Crippen molar-refractivity contribution < 1.29 is 4.92 Å². The number of hydrogen-bond acceptors (Lipinski definition) is 5. The van der Waals surface area contributed by atoms with E-state index in [-0.39, 0.29) is 10.8 Å². The molecule has 1 N–H and O–H groups in total. The Hall–Kier alpha value is -1.40. The highest BCUT2D eigenvalue weighted by Gasteiger charge is 2.19. The average Bonchev–Trinajstić information content (AvgIpc) is 2.72. The molecule has 1 atom stereocenters. The lowest BCUT2D eigenvalue weighted by molar-refractivity contribution is -0.384. The number of rotatable bonds is 4. The zero-order chi connectivity index (χ0) is 13.1. The summed E-state index contributed by atoms with van der Waals surface area (Å²) in [5.41, 5.74) is -0.0407. The van der Waals surface area contributed by atoms with Crippen LogP contribution >= 0.6 is 11.6 Å². The maximum absolute atomic E-state index is 10.7. The lowest BCUT2D eigenvalue weighted by atomic mass is 10.1. The second-order valence-corrected chi connectivity index (χ2v) is 4.98. The van der Waals surface area contributed by atoms with Crippen molar-refractivity contribution in [3.8, 4) is 0 Å². The van der Waals surface area contributed by atoms with Crippen LogP contribution in [0.15, 0.2) is 12.1 Å². The molecule has 18 heavy (non-hydrogen) atoms. The van der Waals surface area contributed by atoms with E-state index in [4.69, 9.17) is 11.6 Å². The van der Waals surface area contributed by atoms with Crippen LogP contribution in [-0.2, 0) is 0 Å². The van der Waals surface area contributed by atoms with Crippen molar-refractivity contribution >= 4 is 23.1 Å². The van der Waals surface area contributed by atoms with Gasteiger partial charge < -0.3 is 10.2 Å². The largest absolute Gasteiger partial charge is 0.369 e. The van der Waals surface area contributed by atoms with Crippen molar-refractivity contribution in [1.29, 1.82) is 0 Å². The lowest BCUT2D eigenvalue weighted by Crippen LogP contribution is -2.19. The van der Waals surface area contributed by atoms with Gasteiger partial charge in [-0.3, -0.25) is 10.1 Å². The summed E-state index contributed by atoms with van der Waals surface area (Å²) < 4.78 is 0. The Morgan fingerprint density at radius 1 is 1.67 bits per heavy atom. The number of aromatic nitrogens is 1. The molecule has 0 bridgehead atoms. The van der Waals surface area contributed by atoms with E-state index in [0.717, 1.165) is 26.1 Å². The summed E-state index contributed by atoms with van der Waals surface area (Å²) in [6.07, 6.45) is 1.13. The number of nitro groups is 1. The second kappa shape index (κ2) is 5.49. The van der Waals surface area contributed by atoms with Gasteiger partial charge in [-0.25, -0.2) is 4.98 Å². The summed E-state index contributed by atoms with van der Waals surface area (Å²) >= 11 is 5.75. The molecule has 1 unspecified atom stereocenters. The number of halogens is 1. The van der Waals surface area contributed by atoms with Crippen molar-refractivity contribution in [1.82, 2.24) is 9.88 Å². The molecule has 0 spiro atoms. The molecule has 1 aliphatic heterocycles. The quantitative estimate of drug-likeness (QED) is 0.515. The molecule has 1 aromatic rings. The monoisotopic (exact) mass is 270 g/mol. The average molecular weight is 271 g/mol. The van der Waals surface area contributed by atoms with Gasteiger partial charge in [-0.05, 0) is 25.9 Å². The first-order chi connectivity index (χ1) is 8.54. The summed E-state index contributed by atoms with van der Waals surface area (Å²) in [7, 11) is 2.09. The number of pyridine rings is 1. The molecule has 1 aliphatic rings. The second-order valence-electron chi connectivity index (χ2n) is 4.59. The molecule has 98 valence electrons. The topological polar surface area (TPSA) is 71.3 Å². The maximum Gasteiger partial charge on any atom is 0.276 e. The van der Waals surface area contributed by atoms with Crippen LogP contribution in [0.1, 0.15) is 6.42 Å². The van der Waals surface area contributed by atoms with E-state index >= 15 is 0 Å². The molecule has 0 saturated carbocycles. The number of nitrogens with zero attached hydrogens (tertiary/aromatic N) is 3. The summed E-state index contributed by atoms with van der Waals surface area (Å²) in [6.45, 7) is 2.89. The molecule has 1 aromatic heterocycles. The molecule has 6 nitrogen and oxygen atoms in total. The highest BCUT2D eigenvalue weighted by molar-refractivity contribution is 6.29. The van der Waals surface area contributed by atoms with Gasteiger partial charge in [0, 0.05) is 13.1 Å². The predicted octanol–water partition coefficient (Wildman–Crippen LogP) is 2.01. The van der Waals surface area contributed by atoms with Crippen LogP contribution in [0.2, 0.25) is 5.15 Å². The van der Waals surface area contributed by atoms with Gasteiger partial charge >= 0.3 is 0 Å². The molecule has 1 saturated heterocycles. The van der Waals surface area contributed by atoms with E-state index in [1.807, 2.05) is 0 Å². The summed E-state index contributed by atoms with van der Waals surface area (Å²) in [4.78, 5) is 16.5. The molecule has 1 fully saturated rings. The number of anilines is 1. The third-order valence-electron chi connectivity index (χ3n) is 3.05. The minimum Gasteiger partial charge on any atom is -0.369 e. The van der Waals surface area contributed by atoms with E-state index in [2.05, 4.69) is 22.2 Å². The Morgan fingerprint density at radius 3 is 3.06 bits per heavy atom.